The lowest BCUT2D eigenvalue weighted by atomic mass is 10.0. The molecule has 2 fully saturated rings. The number of sulfonamides is 1. The highest BCUT2D eigenvalue weighted by molar-refractivity contribution is 7.89. The third-order valence-electron chi connectivity index (χ3n) is 6.24. The number of phenolic OH excluding ortho intramolecular Hbond substituents is 1. The van der Waals surface area contributed by atoms with Crippen molar-refractivity contribution < 1.29 is 18.4 Å². The number of piperazine rings is 1. The minimum absolute atomic E-state index is 0.0325. The fourth-order valence-corrected chi connectivity index (χ4v) is 6.13. The number of nitro groups is 1. The van der Waals surface area contributed by atoms with Crippen molar-refractivity contribution in [3.63, 3.8) is 0 Å². The Bertz CT molecular complexity index is 1100. The topological polar surface area (TPSA) is 107 Å². The van der Waals surface area contributed by atoms with Crippen LogP contribution in [-0.2, 0) is 10.0 Å². The highest BCUT2D eigenvalue weighted by Crippen LogP contribution is 2.34. The number of nitrogens with zero attached hydrogens (tertiary/aromatic N) is 4. The molecule has 0 radical (unpaired) electrons. The van der Waals surface area contributed by atoms with Gasteiger partial charge >= 0.3 is 0 Å². The predicted octanol–water partition coefficient (Wildman–Crippen LogP) is 3.05. The summed E-state index contributed by atoms with van der Waals surface area (Å²) in [6, 6.07) is 11.3. The first kappa shape index (κ1) is 22.3. The van der Waals surface area contributed by atoms with Crippen LogP contribution in [0.4, 0.5) is 17.1 Å². The normalized spacial score (nSPS) is 20.3. The van der Waals surface area contributed by atoms with Crippen molar-refractivity contribution in [3.8, 4) is 5.75 Å². The van der Waals surface area contributed by atoms with Crippen LogP contribution in [0, 0.1) is 16.0 Å². The maximum absolute atomic E-state index is 13.1. The first-order chi connectivity index (χ1) is 15.3. The number of aromatic hydroxyl groups is 1. The van der Waals surface area contributed by atoms with Crippen LogP contribution in [0.25, 0.3) is 0 Å². The van der Waals surface area contributed by atoms with Gasteiger partial charge in [0.2, 0.25) is 10.0 Å². The van der Waals surface area contributed by atoms with E-state index in [4.69, 9.17) is 0 Å². The van der Waals surface area contributed by atoms with E-state index in [9.17, 15) is 23.6 Å². The average molecular weight is 461 g/mol. The molecule has 4 rings (SSSR count). The molecule has 0 amide bonds. The summed E-state index contributed by atoms with van der Waals surface area (Å²) >= 11 is 0. The van der Waals surface area contributed by atoms with Gasteiger partial charge in [-0.3, -0.25) is 10.1 Å². The quantitative estimate of drug-likeness (QED) is 0.540. The van der Waals surface area contributed by atoms with Gasteiger partial charge in [0.15, 0.2) is 0 Å². The van der Waals surface area contributed by atoms with Crippen molar-refractivity contribution >= 4 is 27.1 Å². The molecule has 1 unspecified atom stereocenters. The minimum Gasteiger partial charge on any atom is -0.506 e. The Labute approximate surface area is 188 Å². The van der Waals surface area contributed by atoms with Gasteiger partial charge in [0.1, 0.15) is 11.4 Å². The van der Waals surface area contributed by atoms with Gasteiger partial charge in [-0.1, -0.05) is 19.1 Å². The van der Waals surface area contributed by atoms with Gasteiger partial charge in [0.05, 0.1) is 15.5 Å². The van der Waals surface area contributed by atoms with E-state index in [0.717, 1.165) is 18.5 Å². The lowest BCUT2D eigenvalue weighted by Crippen LogP contribution is -2.46. The van der Waals surface area contributed by atoms with E-state index in [0.29, 0.717) is 45.0 Å². The van der Waals surface area contributed by atoms with E-state index < -0.39 is 14.9 Å². The summed E-state index contributed by atoms with van der Waals surface area (Å²) in [7, 11) is -3.77. The number of hydrogen-bond acceptors (Lipinski definition) is 7. The molecule has 0 saturated carbocycles. The van der Waals surface area contributed by atoms with Crippen LogP contribution in [0.1, 0.15) is 19.8 Å². The molecule has 1 atom stereocenters. The zero-order valence-corrected chi connectivity index (χ0v) is 18.9. The molecule has 2 aromatic rings. The number of rotatable bonds is 5. The molecule has 2 aromatic carbocycles. The summed E-state index contributed by atoms with van der Waals surface area (Å²) in [5, 5.41) is 21.9. The smallest absolute Gasteiger partial charge is 0.293 e. The lowest BCUT2D eigenvalue weighted by molar-refractivity contribution is -0.384. The number of para-hydroxylation sites is 2. The minimum atomic E-state index is -3.77. The number of nitro benzene ring substituents is 1. The molecular weight excluding hydrogens is 432 g/mol. The van der Waals surface area contributed by atoms with Gasteiger partial charge in [0, 0.05) is 45.3 Å². The molecule has 2 heterocycles. The number of piperidine rings is 1. The second kappa shape index (κ2) is 8.95. The van der Waals surface area contributed by atoms with E-state index in [1.54, 1.807) is 18.2 Å². The summed E-state index contributed by atoms with van der Waals surface area (Å²) in [4.78, 5) is 15.2. The Balaban J connectivity index is 1.55. The van der Waals surface area contributed by atoms with Gasteiger partial charge in [-0.25, -0.2) is 8.42 Å². The third kappa shape index (κ3) is 4.37. The number of anilines is 2. The molecule has 32 heavy (non-hydrogen) atoms. The Kier molecular flexibility index (Phi) is 6.25. The molecule has 0 aromatic heterocycles. The first-order valence-corrected chi connectivity index (χ1v) is 12.3. The summed E-state index contributed by atoms with van der Waals surface area (Å²) in [6.45, 7) is 5.10. The zero-order valence-electron chi connectivity index (χ0n) is 18.1. The highest BCUT2D eigenvalue weighted by atomic mass is 32.2. The Hall–Kier alpha value is -2.85. The molecular formula is C22H28N4O5S. The van der Waals surface area contributed by atoms with Crippen LogP contribution < -0.4 is 9.80 Å². The second-order valence-electron chi connectivity index (χ2n) is 8.48. The van der Waals surface area contributed by atoms with Gasteiger partial charge in [-0.05, 0) is 43.0 Å². The van der Waals surface area contributed by atoms with Gasteiger partial charge in [-0.15, -0.1) is 0 Å². The van der Waals surface area contributed by atoms with E-state index in [1.165, 1.54) is 16.4 Å². The maximum atomic E-state index is 13.1. The van der Waals surface area contributed by atoms with E-state index >= 15 is 0 Å². The van der Waals surface area contributed by atoms with E-state index in [1.807, 2.05) is 28.9 Å². The van der Waals surface area contributed by atoms with Gasteiger partial charge in [0.25, 0.3) is 5.69 Å². The molecule has 1 N–H and O–H groups in total. The van der Waals surface area contributed by atoms with Crippen LogP contribution in [0.3, 0.4) is 0 Å². The fraction of sp³-hybridized carbons (Fsp3) is 0.455. The molecule has 0 aliphatic carbocycles. The van der Waals surface area contributed by atoms with Crippen LogP contribution in [0.5, 0.6) is 5.75 Å². The Morgan fingerprint density at radius 1 is 1.00 bits per heavy atom. The molecule has 9 nitrogen and oxygen atoms in total. The predicted molar refractivity (Wildman–Crippen MR) is 123 cm³/mol. The molecule has 2 saturated heterocycles. The standard InChI is InChI=1S/C22H28N4O5S/c1-17-5-4-10-25(16-17)32(30,31)18-8-9-19(21(15-18)26(28)29)23-11-13-24(14-12-23)20-6-2-3-7-22(20)27/h2-3,6-9,15,17,27H,4-5,10-14,16H2,1H3. The maximum Gasteiger partial charge on any atom is 0.293 e. The third-order valence-corrected chi connectivity index (χ3v) is 8.11. The van der Waals surface area contributed by atoms with Crippen LogP contribution in [-0.4, -0.2) is 62.0 Å². The highest BCUT2D eigenvalue weighted by Gasteiger charge is 2.32. The molecule has 0 bridgehead atoms. The van der Waals surface area contributed by atoms with Crippen molar-refractivity contribution in [1.82, 2.24) is 4.31 Å². The summed E-state index contributed by atoms with van der Waals surface area (Å²) in [5.41, 5.74) is 0.948. The molecule has 10 heteroatoms. The van der Waals surface area contributed by atoms with E-state index in [2.05, 4.69) is 0 Å². The lowest BCUT2D eigenvalue weighted by Gasteiger charge is -2.37. The van der Waals surface area contributed by atoms with Crippen molar-refractivity contribution in [2.24, 2.45) is 5.92 Å². The molecule has 2 aliphatic heterocycles. The van der Waals surface area contributed by atoms with Gasteiger partial charge < -0.3 is 14.9 Å². The molecule has 2 aliphatic rings. The SMILES string of the molecule is CC1CCCN(S(=O)(=O)c2ccc(N3CCN(c4ccccc4O)CC3)c([N+](=O)[O-])c2)C1. The zero-order chi connectivity index (χ0) is 22.9. The number of benzene rings is 2. The monoisotopic (exact) mass is 460 g/mol. The Morgan fingerprint density at radius 3 is 2.28 bits per heavy atom. The fourth-order valence-electron chi connectivity index (χ4n) is 4.51. The molecule has 172 valence electrons. The van der Waals surface area contributed by atoms with Crippen molar-refractivity contribution in [2.45, 2.75) is 24.7 Å². The number of phenols is 1. The first-order valence-electron chi connectivity index (χ1n) is 10.8. The summed E-state index contributed by atoms with van der Waals surface area (Å²) in [6.07, 6.45) is 1.78. The van der Waals surface area contributed by atoms with Crippen LogP contribution in [0.15, 0.2) is 47.4 Å². The van der Waals surface area contributed by atoms with Gasteiger partial charge in [-0.2, -0.15) is 4.31 Å². The van der Waals surface area contributed by atoms with Crippen molar-refractivity contribution in [2.75, 3.05) is 49.1 Å². The summed E-state index contributed by atoms with van der Waals surface area (Å²) < 4.78 is 27.6. The van der Waals surface area contributed by atoms with Crippen LogP contribution >= 0.6 is 0 Å². The number of hydrogen-bond donors (Lipinski definition) is 1. The average Bonchev–Trinajstić information content (AvgIpc) is 2.79. The molecule has 0 spiro atoms. The van der Waals surface area contributed by atoms with Crippen LogP contribution in [0.2, 0.25) is 0 Å². The summed E-state index contributed by atoms with van der Waals surface area (Å²) in [5.74, 6) is 0.474. The second-order valence-corrected chi connectivity index (χ2v) is 10.4. The van der Waals surface area contributed by atoms with Crippen molar-refractivity contribution in [1.29, 1.82) is 0 Å². The largest absolute Gasteiger partial charge is 0.506 e. The van der Waals surface area contributed by atoms with E-state index in [-0.39, 0.29) is 22.3 Å². The Morgan fingerprint density at radius 2 is 1.66 bits per heavy atom. The van der Waals surface area contributed by atoms with Crippen molar-refractivity contribution in [3.05, 3.63) is 52.6 Å².